The van der Waals surface area contributed by atoms with Crippen LogP contribution in [0.4, 0.5) is 0 Å². The summed E-state index contributed by atoms with van der Waals surface area (Å²) < 4.78 is 0. The third-order valence-corrected chi connectivity index (χ3v) is 5.83. The second-order valence-electron chi connectivity index (χ2n) is 7.96. The number of rotatable bonds is 3. The molecule has 3 saturated heterocycles. The van der Waals surface area contributed by atoms with Gasteiger partial charge in [-0.05, 0) is 52.2 Å². The maximum Gasteiger partial charge on any atom is 0.222 e. The average Bonchev–Trinajstić information content (AvgIpc) is 3.28. The molecule has 0 bridgehead atoms. The van der Waals surface area contributed by atoms with Gasteiger partial charge in [0.25, 0.3) is 0 Å². The van der Waals surface area contributed by atoms with E-state index in [9.17, 15) is 4.79 Å². The maximum atomic E-state index is 10.8. The quantitative estimate of drug-likeness (QED) is 0.645. The highest BCUT2D eigenvalue weighted by Gasteiger charge is 2.26. The van der Waals surface area contributed by atoms with Crippen LogP contribution in [0.1, 0.15) is 39.0 Å². The summed E-state index contributed by atoms with van der Waals surface area (Å²) in [6, 6.07) is 0.965. The minimum Gasteiger partial charge on any atom is -0.395 e. The first kappa shape index (κ1) is 23.3. The lowest BCUT2D eigenvalue weighted by molar-refractivity contribution is -0.128. The van der Waals surface area contributed by atoms with Gasteiger partial charge in [-0.2, -0.15) is 0 Å². The molecule has 0 aliphatic carbocycles. The van der Waals surface area contributed by atoms with Crippen LogP contribution >= 0.6 is 0 Å². The van der Waals surface area contributed by atoms with E-state index in [1.165, 1.54) is 12.8 Å². The van der Waals surface area contributed by atoms with E-state index in [4.69, 9.17) is 15.3 Å². The van der Waals surface area contributed by atoms with Gasteiger partial charge in [-0.15, -0.1) is 0 Å². The van der Waals surface area contributed by atoms with Gasteiger partial charge >= 0.3 is 0 Å². The maximum absolute atomic E-state index is 10.8. The van der Waals surface area contributed by atoms with Gasteiger partial charge in [0.15, 0.2) is 0 Å². The van der Waals surface area contributed by atoms with Crippen molar-refractivity contribution >= 4 is 5.91 Å². The molecule has 0 saturated carbocycles. The van der Waals surface area contributed by atoms with Gasteiger partial charge in [-0.25, -0.2) is 0 Å². The van der Waals surface area contributed by atoms with Crippen molar-refractivity contribution in [1.29, 1.82) is 0 Å². The Labute approximate surface area is 158 Å². The lowest BCUT2D eigenvalue weighted by atomic mass is 10.1. The van der Waals surface area contributed by atoms with E-state index in [1.54, 1.807) is 11.9 Å². The fraction of sp³-hybridized carbons (Fsp3) is 0.947. The summed E-state index contributed by atoms with van der Waals surface area (Å²) in [5.74, 6) is 0.918. The Bertz CT molecular complexity index is 410. The third-order valence-electron chi connectivity index (χ3n) is 5.83. The van der Waals surface area contributed by atoms with Gasteiger partial charge in [-0.1, -0.05) is 6.92 Å². The van der Waals surface area contributed by atoms with E-state index in [1.807, 2.05) is 0 Å². The number of aliphatic hydroxyl groups is 3. The van der Waals surface area contributed by atoms with E-state index in [0.29, 0.717) is 31.7 Å². The molecular weight excluding hydrogens is 334 g/mol. The topological polar surface area (TPSA) is 87.5 Å². The Balaban J connectivity index is 0.000000195. The molecule has 3 aliphatic rings. The van der Waals surface area contributed by atoms with Crippen LogP contribution in [-0.2, 0) is 4.79 Å². The van der Waals surface area contributed by atoms with Gasteiger partial charge in [0.05, 0.1) is 25.9 Å². The van der Waals surface area contributed by atoms with Crippen LogP contribution in [0.3, 0.4) is 0 Å². The van der Waals surface area contributed by atoms with E-state index in [2.05, 4.69) is 30.8 Å². The molecule has 7 heteroatoms. The Kier molecular flexibility index (Phi) is 10.6. The van der Waals surface area contributed by atoms with Gasteiger partial charge in [0.2, 0.25) is 5.91 Å². The molecular formula is C19H39N3O4. The highest BCUT2D eigenvalue weighted by Crippen LogP contribution is 2.19. The van der Waals surface area contributed by atoms with Crippen molar-refractivity contribution in [2.45, 2.75) is 57.2 Å². The minimum absolute atomic E-state index is 0.0810. The molecule has 0 aromatic heterocycles. The van der Waals surface area contributed by atoms with E-state index >= 15 is 0 Å². The zero-order chi connectivity index (χ0) is 19.7. The van der Waals surface area contributed by atoms with Crippen LogP contribution in [0, 0.1) is 5.92 Å². The van der Waals surface area contributed by atoms with Gasteiger partial charge in [0, 0.05) is 32.1 Å². The summed E-state index contributed by atoms with van der Waals surface area (Å²) in [7, 11) is 5.87. The monoisotopic (exact) mass is 373 g/mol. The number of likely N-dealkylation sites (N-methyl/N-ethyl adjacent to an activating group) is 3. The van der Waals surface area contributed by atoms with E-state index in [0.717, 1.165) is 31.8 Å². The SMILES string of the molecule is CC1CC(CO)N(C)C1.CN1C(=O)CCC1CO.CN1CCCC1CO. The molecule has 0 aromatic rings. The number of carbonyl (C=O) groups excluding carboxylic acids is 1. The van der Waals surface area contributed by atoms with E-state index in [-0.39, 0.29) is 18.6 Å². The highest BCUT2D eigenvalue weighted by molar-refractivity contribution is 5.78. The molecule has 0 spiro atoms. The standard InChI is InChI=1S/C7H15NO.C6H11NO2.C6H13NO/c1-6-3-7(5-9)8(2)4-6;1-7-5(4-8)2-3-6(7)9;1-7-4-2-3-6(7)5-8/h6-7,9H,3-5H2,1-2H3;5,8H,2-4H2,1H3;6,8H,2-5H2,1H3. The third kappa shape index (κ3) is 7.12. The van der Waals surface area contributed by atoms with Crippen molar-refractivity contribution in [3.8, 4) is 0 Å². The summed E-state index contributed by atoms with van der Waals surface area (Å²) in [5.41, 5.74) is 0. The highest BCUT2D eigenvalue weighted by atomic mass is 16.3. The van der Waals surface area contributed by atoms with E-state index < -0.39 is 0 Å². The Morgan fingerprint density at radius 3 is 1.77 bits per heavy atom. The number of nitrogens with zero attached hydrogens (tertiary/aromatic N) is 3. The zero-order valence-electron chi connectivity index (χ0n) is 17.0. The molecule has 3 heterocycles. The largest absolute Gasteiger partial charge is 0.395 e. The van der Waals surface area contributed by atoms with Crippen LogP contribution in [0.15, 0.2) is 0 Å². The van der Waals surface area contributed by atoms with Crippen molar-refractivity contribution in [3.05, 3.63) is 0 Å². The number of likely N-dealkylation sites (tertiary alicyclic amines) is 3. The van der Waals surface area contributed by atoms with Crippen LogP contribution in [-0.4, -0.2) is 108 Å². The second-order valence-corrected chi connectivity index (χ2v) is 7.96. The zero-order valence-corrected chi connectivity index (χ0v) is 17.0. The van der Waals surface area contributed by atoms with Crippen molar-refractivity contribution < 1.29 is 20.1 Å². The first-order valence-electron chi connectivity index (χ1n) is 9.82. The molecule has 0 aromatic carbocycles. The van der Waals surface area contributed by atoms with Crippen molar-refractivity contribution in [2.75, 3.05) is 54.1 Å². The molecule has 0 radical (unpaired) electrons. The predicted molar refractivity (Wildman–Crippen MR) is 103 cm³/mol. The van der Waals surface area contributed by atoms with Crippen LogP contribution < -0.4 is 0 Å². The summed E-state index contributed by atoms with van der Waals surface area (Å²) in [4.78, 5) is 16.8. The smallest absolute Gasteiger partial charge is 0.222 e. The number of aliphatic hydroxyl groups excluding tert-OH is 3. The lowest BCUT2D eigenvalue weighted by Gasteiger charge is -2.16. The van der Waals surface area contributed by atoms with Crippen LogP contribution in [0.5, 0.6) is 0 Å². The van der Waals surface area contributed by atoms with Gasteiger partial charge < -0.3 is 30.0 Å². The molecule has 3 aliphatic heterocycles. The van der Waals surface area contributed by atoms with Crippen molar-refractivity contribution in [2.24, 2.45) is 5.92 Å². The number of hydrogen-bond acceptors (Lipinski definition) is 6. The van der Waals surface area contributed by atoms with Crippen molar-refractivity contribution in [3.63, 3.8) is 0 Å². The Morgan fingerprint density at radius 1 is 0.923 bits per heavy atom. The molecule has 3 fully saturated rings. The average molecular weight is 374 g/mol. The lowest BCUT2D eigenvalue weighted by Crippen LogP contribution is -2.31. The van der Waals surface area contributed by atoms with Crippen LogP contribution in [0.2, 0.25) is 0 Å². The Morgan fingerprint density at radius 2 is 1.54 bits per heavy atom. The minimum atomic E-state index is 0.0810. The summed E-state index contributed by atoms with van der Waals surface area (Å²) in [5, 5.41) is 26.2. The number of carbonyl (C=O) groups is 1. The summed E-state index contributed by atoms with van der Waals surface area (Å²) in [6.45, 7) is 5.28. The first-order chi connectivity index (χ1) is 12.3. The fourth-order valence-electron chi connectivity index (χ4n) is 3.86. The molecule has 4 unspecified atom stereocenters. The van der Waals surface area contributed by atoms with Gasteiger partial charge in [-0.3, -0.25) is 4.79 Å². The molecule has 154 valence electrons. The van der Waals surface area contributed by atoms with Gasteiger partial charge in [0.1, 0.15) is 0 Å². The Hall–Kier alpha value is -0.730. The molecule has 3 N–H and O–H groups in total. The number of hydrogen-bond donors (Lipinski definition) is 3. The van der Waals surface area contributed by atoms with Crippen LogP contribution in [0.25, 0.3) is 0 Å². The molecule has 1 amide bonds. The molecule has 3 rings (SSSR count). The normalized spacial score (nSPS) is 32.3. The first-order valence-corrected chi connectivity index (χ1v) is 9.82. The number of amides is 1. The summed E-state index contributed by atoms with van der Waals surface area (Å²) >= 11 is 0. The van der Waals surface area contributed by atoms with Crippen molar-refractivity contribution in [1.82, 2.24) is 14.7 Å². The molecule has 4 atom stereocenters. The predicted octanol–water partition coefficient (Wildman–Crippen LogP) is -0.00870. The summed E-state index contributed by atoms with van der Waals surface area (Å²) in [6.07, 6.45) is 5.00. The fourth-order valence-corrected chi connectivity index (χ4v) is 3.86. The molecule has 26 heavy (non-hydrogen) atoms. The molecule has 7 nitrogen and oxygen atoms in total. The second kappa shape index (κ2) is 11.9.